The van der Waals surface area contributed by atoms with Crippen LogP contribution in [0.4, 0.5) is 5.13 Å². The molecule has 2 heterocycles. The topological polar surface area (TPSA) is 89.8 Å². The summed E-state index contributed by atoms with van der Waals surface area (Å²) in [7, 11) is 0. The summed E-state index contributed by atoms with van der Waals surface area (Å²) in [5.74, 6) is -0.387. The first-order valence-corrected chi connectivity index (χ1v) is 8.71. The van der Waals surface area contributed by atoms with Crippen LogP contribution in [0.3, 0.4) is 0 Å². The van der Waals surface area contributed by atoms with E-state index in [1.54, 1.807) is 30.3 Å². The maximum atomic E-state index is 12.1. The molecule has 3 rings (SSSR count). The molecule has 0 saturated heterocycles. The Balaban J connectivity index is 1.77. The molecular formula is C16H14ClN5O2S. The molecule has 3 aromatic rings. The molecule has 0 bridgehead atoms. The van der Waals surface area contributed by atoms with Gasteiger partial charge in [-0.3, -0.25) is 14.9 Å². The highest BCUT2D eigenvalue weighted by atomic mass is 35.5. The van der Waals surface area contributed by atoms with Crippen molar-refractivity contribution in [2.45, 2.75) is 19.9 Å². The normalized spacial score (nSPS) is 10.6. The van der Waals surface area contributed by atoms with E-state index < -0.39 is 0 Å². The van der Waals surface area contributed by atoms with Gasteiger partial charge in [-0.25, -0.2) is 4.68 Å². The first kappa shape index (κ1) is 17.2. The number of benzene rings is 1. The number of amides is 1. The lowest BCUT2D eigenvalue weighted by Crippen LogP contribution is -2.29. The van der Waals surface area contributed by atoms with Crippen LogP contribution in [0.5, 0.6) is 0 Å². The third-order valence-corrected chi connectivity index (χ3v) is 4.55. The summed E-state index contributed by atoms with van der Waals surface area (Å²) < 4.78 is 1.11. The van der Waals surface area contributed by atoms with Gasteiger partial charge in [-0.15, -0.1) is 10.2 Å². The van der Waals surface area contributed by atoms with E-state index in [0.29, 0.717) is 15.8 Å². The Labute approximate surface area is 152 Å². The van der Waals surface area contributed by atoms with Crippen LogP contribution in [-0.2, 0) is 17.8 Å². The first-order chi connectivity index (χ1) is 12.0. The standard InChI is InChI=1S/C16H14ClN5O2S/c1-2-14-19-20-16(25-14)18-13(23)9-22-15(24)8-7-12(21-22)10-3-5-11(17)6-4-10/h3-8H,2,9H2,1H3,(H,18,20,23). The molecule has 1 aromatic carbocycles. The van der Waals surface area contributed by atoms with E-state index >= 15 is 0 Å². The Bertz CT molecular complexity index is 952. The average Bonchev–Trinajstić information content (AvgIpc) is 3.05. The predicted molar refractivity (Wildman–Crippen MR) is 96.9 cm³/mol. The zero-order chi connectivity index (χ0) is 17.8. The van der Waals surface area contributed by atoms with E-state index in [-0.39, 0.29) is 18.0 Å². The fraction of sp³-hybridized carbons (Fsp3) is 0.188. The van der Waals surface area contributed by atoms with E-state index in [9.17, 15) is 9.59 Å². The maximum absolute atomic E-state index is 12.1. The van der Waals surface area contributed by atoms with Crippen molar-refractivity contribution in [3.05, 3.63) is 56.8 Å². The maximum Gasteiger partial charge on any atom is 0.267 e. The summed E-state index contributed by atoms with van der Waals surface area (Å²) in [6.45, 7) is 1.75. The van der Waals surface area contributed by atoms with Crippen molar-refractivity contribution in [2.75, 3.05) is 5.32 Å². The van der Waals surface area contributed by atoms with Crippen LogP contribution in [0, 0.1) is 0 Å². The second-order valence-electron chi connectivity index (χ2n) is 5.12. The molecular weight excluding hydrogens is 362 g/mol. The molecule has 0 spiro atoms. The molecule has 0 unspecified atom stereocenters. The molecule has 128 valence electrons. The SMILES string of the molecule is CCc1nnc(NC(=O)Cn2nc(-c3ccc(Cl)cc3)ccc2=O)s1. The minimum absolute atomic E-state index is 0.207. The molecule has 0 aliphatic carbocycles. The van der Waals surface area contributed by atoms with Crippen molar-refractivity contribution in [1.82, 2.24) is 20.0 Å². The van der Waals surface area contributed by atoms with Crippen molar-refractivity contribution in [2.24, 2.45) is 0 Å². The molecule has 9 heteroatoms. The molecule has 0 saturated carbocycles. The number of halogens is 1. The highest BCUT2D eigenvalue weighted by Gasteiger charge is 2.11. The summed E-state index contributed by atoms with van der Waals surface area (Å²) in [6, 6.07) is 10.1. The van der Waals surface area contributed by atoms with Gasteiger partial charge in [0.25, 0.3) is 5.56 Å². The van der Waals surface area contributed by atoms with E-state index in [2.05, 4.69) is 20.6 Å². The Morgan fingerprint density at radius 2 is 1.96 bits per heavy atom. The highest BCUT2D eigenvalue weighted by Crippen LogP contribution is 2.18. The zero-order valence-corrected chi connectivity index (χ0v) is 14.8. The number of nitrogens with zero attached hydrogens (tertiary/aromatic N) is 4. The summed E-state index contributed by atoms with van der Waals surface area (Å²) in [4.78, 5) is 24.1. The summed E-state index contributed by atoms with van der Waals surface area (Å²) in [5.41, 5.74) is 1.02. The number of aromatic nitrogens is 4. The smallest absolute Gasteiger partial charge is 0.267 e. The first-order valence-electron chi connectivity index (χ1n) is 7.51. The van der Waals surface area contributed by atoms with Gasteiger partial charge < -0.3 is 0 Å². The fourth-order valence-corrected chi connectivity index (χ4v) is 2.90. The van der Waals surface area contributed by atoms with E-state index in [1.165, 1.54) is 17.4 Å². The van der Waals surface area contributed by atoms with Gasteiger partial charge in [0, 0.05) is 16.7 Å². The van der Waals surface area contributed by atoms with Gasteiger partial charge >= 0.3 is 0 Å². The fourth-order valence-electron chi connectivity index (χ4n) is 2.08. The lowest BCUT2D eigenvalue weighted by Gasteiger charge is -2.07. The second-order valence-corrected chi connectivity index (χ2v) is 6.62. The minimum Gasteiger partial charge on any atom is -0.299 e. The summed E-state index contributed by atoms with van der Waals surface area (Å²) >= 11 is 7.18. The van der Waals surface area contributed by atoms with Gasteiger partial charge in [0.15, 0.2) is 0 Å². The number of nitrogens with one attached hydrogen (secondary N) is 1. The Hall–Kier alpha value is -2.58. The largest absolute Gasteiger partial charge is 0.299 e. The van der Waals surface area contributed by atoms with Crippen LogP contribution in [0.1, 0.15) is 11.9 Å². The third kappa shape index (κ3) is 4.28. The monoisotopic (exact) mass is 375 g/mol. The van der Waals surface area contributed by atoms with E-state index in [0.717, 1.165) is 21.7 Å². The summed E-state index contributed by atoms with van der Waals surface area (Å²) in [5, 5.41) is 16.5. The zero-order valence-electron chi connectivity index (χ0n) is 13.3. The van der Waals surface area contributed by atoms with Crippen LogP contribution in [-0.4, -0.2) is 25.9 Å². The van der Waals surface area contributed by atoms with Gasteiger partial charge in [-0.2, -0.15) is 5.10 Å². The van der Waals surface area contributed by atoms with Crippen molar-refractivity contribution >= 4 is 34.0 Å². The lowest BCUT2D eigenvalue weighted by atomic mass is 10.1. The predicted octanol–water partition coefficient (Wildman–Crippen LogP) is 2.62. The molecule has 0 aliphatic heterocycles. The molecule has 7 nitrogen and oxygen atoms in total. The van der Waals surface area contributed by atoms with Gasteiger partial charge in [0.2, 0.25) is 11.0 Å². The van der Waals surface area contributed by atoms with Crippen molar-refractivity contribution < 1.29 is 4.79 Å². The summed E-state index contributed by atoms with van der Waals surface area (Å²) in [6.07, 6.45) is 0.748. The second kappa shape index (κ2) is 7.54. The minimum atomic E-state index is -0.387. The van der Waals surface area contributed by atoms with Gasteiger partial charge in [0.1, 0.15) is 11.6 Å². The molecule has 0 atom stereocenters. The molecule has 0 fully saturated rings. The number of carbonyl (C=O) groups is 1. The highest BCUT2D eigenvalue weighted by molar-refractivity contribution is 7.15. The van der Waals surface area contributed by atoms with Gasteiger partial charge in [-0.05, 0) is 24.6 Å². The average molecular weight is 376 g/mol. The van der Waals surface area contributed by atoms with Crippen LogP contribution >= 0.6 is 22.9 Å². The Morgan fingerprint density at radius 3 is 2.64 bits per heavy atom. The van der Waals surface area contributed by atoms with E-state index in [4.69, 9.17) is 11.6 Å². The van der Waals surface area contributed by atoms with Crippen molar-refractivity contribution in [3.63, 3.8) is 0 Å². The van der Waals surface area contributed by atoms with Crippen molar-refractivity contribution in [1.29, 1.82) is 0 Å². The molecule has 25 heavy (non-hydrogen) atoms. The van der Waals surface area contributed by atoms with Crippen LogP contribution in [0.25, 0.3) is 11.3 Å². The molecule has 1 amide bonds. The lowest BCUT2D eigenvalue weighted by molar-refractivity contribution is -0.117. The van der Waals surface area contributed by atoms with Crippen LogP contribution < -0.4 is 10.9 Å². The number of aryl methyl sites for hydroxylation is 1. The number of anilines is 1. The van der Waals surface area contributed by atoms with Crippen molar-refractivity contribution in [3.8, 4) is 11.3 Å². The third-order valence-electron chi connectivity index (χ3n) is 3.32. The number of carbonyl (C=O) groups excluding carboxylic acids is 1. The number of rotatable bonds is 5. The van der Waals surface area contributed by atoms with Crippen LogP contribution in [0.15, 0.2) is 41.2 Å². The van der Waals surface area contributed by atoms with Crippen LogP contribution in [0.2, 0.25) is 5.02 Å². The quantitative estimate of drug-likeness (QED) is 0.740. The molecule has 0 aliphatic rings. The molecule has 0 radical (unpaired) electrons. The number of hydrogen-bond acceptors (Lipinski definition) is 6. The van der Waals surface area contributed by atoms with Gasteiger partial charge in [-0.1, -0.05) is 42.0 Å². The van der Waals surface area contributed by atoms with Gasteiger partial charge in [0.05, 0.1) is 5.69 Å². The Morgan fingerprint density at radius 1 is 1.20 bits per heavy atom. The van der Waals surface area contributed by atoms with E-state index in [1.807, 2.05) is 6.92 Å². The molecule has 1 N–H and O–H groups in total. The Kier molecular flexibility index (Phi) is 5.20. The molecule has 2 aromatic heterocycles. The number of hydrogen-bond donors (Lipinski definition) is 1.